The number of rotatable bonds is 6. The van der Waals surface area contributed by atoms with E-state index >= 15 is 0 Å². The maximum Gasteiger partial charge on any atom is 0.245 e. The van der Waals surface area contributed by atoms with Crippen molar-refractivity contribution < 1.29 is 18.7 Å². The minimum Gasteiger partial charge on any atom is -0.492 e. The zero-order valence-corrected chi connectivity index (χ0v) is 14.6. The minimum absolute atomic E-state index is 0.0641. The Morgan fingerprint density at radius 2 is 1.77 bits per heavy atom. The lowest BCUT2D eigenvalue weighted by Gasteiger charge is -2.38. The van der Waals surface area contributed by atoms with Crippen LogP contribution in [0.4, 0.5) is 4.39 Å². The van der Waals surface area contributed by atoms with Crippen LogP contribution in [0.5, 0.6) is 5.75 Å². The Balaban J connectivity index is 1.56. The number of ether oxygens (including phenoxy) is 1. The van der Waals surface area contributed by atoms with Gasteiger partial charge >= 0.3 is 0 Å². The highest BCUT2D eigenvalue weighted by atomic mass is 19.1. The summed E-state index contributed by atoms with van der Waals surface area (Å²) in [5.74, 6) is 0.0211. The van der Waals surface area contributed by atoms with Crippen LogP contribution in [0.25, 0.3) is 0 Å². The van der Waals surface area contributed by atoms with Gasteiger partial charge in [0.25, 0.3) is 0 Å². The minimum atomic E-state index is -0.531. The Labute approximate surface area is 152 Å². The molecule has 1 fully saturated rings. The van der Waals surface area contributed by atoms with Crippen molar-refractivity contribution in [2.75, 3.05) is 19.7 Å². The molecule has 0 saturated carbocycles. The fraction of sp³-hybridized carbons (Fsp3) is 0.300. The van der Waals surface area contributed by atoms with E-state index < -0.39 is 6.04 Å². The summed E-state index contributed by atoms with van der Waals surface area (Å²) in [5, 5.41) is 0. The summed E-state index contributed by atoms with van der Waals surface area (Å²) in [7, 11) is 0. The highest BCUT2D eigenvalue weighted by molar-refractivity contribution is 5.94. The summed E-state index contributed by atoms with van der Waals surface area (Å²) in [6.07, 6.45) is 0. The van der Waals surface area contributed by atoms with E-state index in [1.807, 2.05) is 30.3 Å². The first kappa shape index (κ1) is 17.9. The number of halogens is 1. The number of nitrogens with zero attached hydrogens (tertiary/aromatic N) is 2. The van der Waals surface area contributed by atoms with Crippen LogP contribution in [0, 0.1) is 5.82 Å². The number of carbonyl (C=O) groups excluding carboxylic acids is 2. The van der Waals surface area contributed by atoms with Crippen molar-refractivity contribution in [2.45, 2.75) is 19.5 Å². The molecule has 26 heavy (non-hydrogen) atoms. The molecule has 5 nitrogen and oxygen atoms in total. The van der Waals surface area contributed by atoms with E-state index in [1.165, 1.54) is 29.2 Å². The van der Waals surface area contributed by atoms with E-state index in [-0.39, 0.29) is 30.8 Å². The molecule has 0 unspecified atom stereocenters. The van der Waals surface area contributed by atoms with Crippen molar-refractivity contribution in [3.8, 4) is 5.75 Å². The van der Waals surface area contributed by atoms with Crippen LogP contribution in [-0.4, -0.2) is 47.4 Å². The van der Waals surface area contributed by atoms with Gasteiger partial charge in [-0.1, -0.05) is 30.3 Å². The Hall–Kier alpha value is -2.89. The van der Waals surface area contributed by atoms with Gasteiger partial charge in [-0.05, 0) is 36.8 Å². The summed E-state index contributed by atoms with van der Waals surface area (Å²) >= 11 is 0. The molecule has 0 radical (unpaired) electrons. The Morgan fingerprint density at radius 3 is 2.46 bits per heavy atom. The van der Waals surface area contributed by atoms with Gasteiger partial charge in [0.1, 0.15) is 30.8 Å². The predicted molar refractivity (Wildman–Crippen MR) is 94.9 cm³/mol. The standard InChI is InChI=1S/C20H21FN2O3/c1-15-20(25)22(13-16-5-3-2-4-6-16)14-19(24)23(15)11-12-26-18-9-7-17(21)8-10-18/h2-10,15H,11-14H2,1H3/t15-/m1/s1. The van der Waals surface area contributed by atoms with Gasteiger partial charge in [0.2, 0.25) is 11.8 Å². The zero-order chi connectivity index (χ0) is 18.5. The molecule has 2 amide bonds. The molecular formula is C20H21FN2O3. The van der Waals surface area contributed by atoms with Crippen LogP contribution in [0.1, 0.15) is 12.5 Å². The molecule has 0 N–H and O–H groups in total. The largest absolute Gasteiger partial charge is 0.492 e. The second-order valence-corrected chi connectivity index (χ2v) is 6.25. The van der Waals surface area contributed by atoms with E-state index in [1.54, 1.807) is 11.8 Å². The highest BCUT2D eigenvalue weighted by Crippen LogP contribution is 2.16. The van der Waals surface area contributed by atoms with Crippen molar-refractivity contribution in [1.29, 1.82) is 0 Å². The maximum absolute atomic E-state index is 12.9. The van der Waals surface area contributed by atoms with Crippen LogP contribution in [0.15, 0.2) is 54.6 Å². The fourth-order valence-electron chi connectivity index (χ4n) is 2.99. The van der Waals surface area contributed by atoms with Gasteiger partial charge < -0.3 is 14.5 Å². The second kappa shape index (κ2) is 7.99. The molecule has 0 bridgehead atoms. The third-order valence-corrected chi connectivity index (χ3v) is 4.41. The lowest BCUT2D eigenvalue weighted by molar-refractivity contribution is -0.155. The number of hydrogen-bond donors (Lipinski definition) is 0. The molecule has 1 saturated heterocycles. The number of benzene rings is 2. The van der Waals surface area contributed by atoms with Gasteiger partial charge in [-0.15, -0.1) is 0 Å². The monoisotopic (exact) mass is 356 g/mol. The Morgan fingerprint density at radius 1 is 1.08 bits per heavy atom. The van der Waals surface area contributed by atoms with Gasteiger partial charge in [0, 0.05) is 6.54 Å². The van der Waals surface area contributed by atoms with Crippen molar-refractivity contribution >= 4 is 11.8 Å². The molecular weight excluding hydrogens is 335 g/mol. The van der Waals surface area contributed by atoms with Crippen LogP contribution < -0.4 is 4.74 Å². The summed E-state index contributed by atoms with van der Waals surface area (Å²) < 4.78 is 18.4. The average molecular weight is 356 g/mol. The SMILES string of the molecule is C[C@@H]1C(=O)N(Cc2ccccc2)CC(=O)N1CCOc1ccc(F)cc1. The van der Waals surface area contributed by atoms with E-state index in [2.05, 4.69) is 0 Å². The Kier molecular flexibility index (Phi) is 5.51. The maximum atomic E-state index is 12.9. The summed E-state index contributed by atoms with van der Waals surface area (Å²) in [4.78, 5) is 28.2. The molecule has 136 valence electrons. The first-order valence-corrected chi connectivity index (χ1v) is 8.55. The topological polar surface area (TPSA) is 49.9 Å². The van der Waals surface area contributed by atoms with Gasteiger partial charge in [-0.3, -0.25) is 9.59 Å². The fourth-order valence-corrected chi connectivity index (χ4v) is 2.99. The van der Waals surface area contributed by atoms with Crippen molar-refractivity contribution in [1.82, 2.24) is 9.80 Å². The molecule has 1 aliphatic rings. The van der Waals surface area contributed by atoms with Crippen molar-refractivity contribution in [3.05, 3.63) is 66.0 Å². The van der Waals surface area contributed by atoms with Gasteiger partial charge in [-0.25, -0.2) is 4.39 Å². The van der Waals surface area contributed by atoms with E-state index in [4.69, 9.17) is 4.74 Å². The molecule has 0 spiro atoms. The second-order valence-electron chi connectivity index (χ2n) is 6.25. The molecule has 1 heterocycles. The molecule has 0 aliphatic carbocycles. The number of carbonyl (C=O) groups is 2. The highest BCUT2D eigenvalue weighted by Gasteiger charge is 2.36. The molecule has 3 rings (SSSR count). The first-order valence-electron chi connectivity index (χ1n) is 8.55. The third kappa shape index (κ3) is 4.20. The number of amides is 2. The van der Waals surface area contributed by atoms with Gasteiger partial charge in [0.15, 0.2) is 0 Å². The van der Waals surface area contributed by atoms with E-state index in [0.29, 0.717) is 18.8 Å². The average Bonchev–Trinajstić information content (AvgIpc) is 2.65. The molecule has 2 aromatic rings. The first-order chi connectivity index (χ1) is 12.5. The molecule has 2 aromatic carbocycles. The molecule has 1 aliphatic heterocycles. The van der Waals surface area contributed by atoms with Gasteiger partial charge in [0.05, 0.1) is 6.54 Å². The lowest BCUT2D eigenvalue weighted by Crippen LogP contribution is -2.59. The number of hydrogen-bond acceptors (Lipinski definition) is 3. The van der Waals surface area contributed by atoms with Crippen molar-refractivity contribution in [3.63, 3.8) is 0 Å². The molecule has 1 atom stereocenters. The number of piperazine rings is 1. The van der Waals surface area contributed by atoms with E-state index in [9.17, 15) is 14.0 Å². The smallest absolute Gasteiger partial charge is 0.245 e. The van der Waals surface area contributed by atoms with E-state index in [0.717, 1.165) is 5.56 Å². The van der Waals surface area contributed by atoms with Gasteiger partial charge in [-0.2, -0.15) is 0 Å². The summed E-state index contributed by atoms with van der Waals surface area (Å²) in [5.41, 5.74) is 0.994. The zero-order valence-electron chi connectivity index (χ0n) is 14.6. The molecule has 6 heteroatoms. The summed E-state index contributed by atoms with van der Waals surface area (Å²) in [6, 6.07) is 14.8. The quantitative estimate of drug-likeness (QED) is 0.799. The van der Waals surface area contributed by atoms with Crippen LogP contribution in [-0.2, 0) is 16.1 Å². The normalized spacial score (nSPS) is 17.5. The van der Waals surface area contributed by atoms with Crippen molar-refractivity contribution in [2.24, 2.45) is 0 Å². The van der Waals surface area contributed by atoms with Crippen LogP contribution in [0.3, 0.4) is 0 Å². The molecule has 0 aromatic heterocycles. The predicted octanol–water partition coefficient (Wildman–Crippen LogP) is 2.46. The van der Waals surface area contributed by atoms with Crippen LogP contribution >= 0.6 is 0 Å². The third-order valence-electron chi connectivity index (χ3n) is 4.41. The van der Waals surface area contributed by atoms with Crippen LogP contribution in [0.2, 0.25) is 0 Å². The Bertz CT molecular complexity index is 764. The summed E-state index contributed by atoms with van der Waals surface area (Å²) in [6.45, 7) is 2.77. The lowest BCUT2D eigenvalue weighted by atomic mass is 10.1.